The van der Waals surface area contributed by atoms with Gasteiger partial charge in [0.25, 0.3) is 0 Å². The average molecular weight is 492 g/mol. The van der Waals surface area contributed by atoms with E-state index in [1.54, 1.807) is 32.1 Å². The second-order valence-corrected chi connectivity index (χ2v) is 11.5. The quantitative estimate of drug-likeness (QED) is 0.432. The van der Waals surface area contributed by atoms with Crippen LogP contribution in [0.15, 0.2) is 22.6 Å². The van der Waals surface area contributed by atoms with E-state index in [0.29, 0.717) is 6.42 Å². The van der Waals surface area contributed by atoms with Crippen molar-refractivity contribution in [1.29, 1.82) is 0 Å². The molecule has 34 heavy (non-hydrogen) atoms. The third-order valence-electron chi connectivity index (χ3n) is 7.04. The molecule has 190 valence electrons. The summed E-state index contributed by atoms with van der Waals surface area (Å²) in [5.74, 6) is -1.49. The molecule has 0 amide bonds. The first-order valence-electron chi connectivity index (χ1n) is 12.2. The number of allylic oxidation sites excluding steroid dienone is 1. The fraction of sp³-hybridized carbons (Fsp3) is 0.667. The summed E-state index contributed by atoms with van der Waals surface area (Å²) in [6.45, 7) is 12.8. The van der Waals surface area contributed by atoms with E-state index in [9.17, 15) is 19.8 Å². The Kier molecular flexibility index (Phi) is 10.2. The van der Waals surface area contributed by atoms with Gasteiger partial charge in [-0.25, -0.2) is 4.98 Å². The maximum atomic E-state index is 13.2. The predicted octanol–water partition coefficient (Wildman–Crippen LogP) is 5.27. The van der Waals surface area contributed by atoms with Crippen molar-refractivity contribution in [2.75, 3.05) is 0 Å². The smallest absolute Gasteiger partial charge is 0.309 e. The lowest BCUT2D eigenvalue weighted by molar-refractivity contribution is -0.154. The van der Waals surface area contributed by atoms with E-state index in [4.69, 9.17) is 4.74 Å². The summed E-state index contributed by atoms with van der Waals surface area (Å²) in [5, 5.41) is 24.5. The second kappa shape index (κ2) is 12.2. The minimum atomic E-state index is -1.21. The molecule has 0 aliphatic carbocycles. The number of carbonyl (C=O) groups is 2. The summed E-state index contributed by atoms with van der Waals surface area (Å²) in [7, 11) is 0. The molecule has 1 aliphatic rings. The third kappa shape index (κ3) is 7.59. The minimum Gasteiger partial charge on any atom is -0.457 e. The van der Waals surface area contributed by atoms with Crippen LogP contribution in [0, 0.1) is 24.2 Å². The summed E-state index contributed by atoms with van der Waals surface area (Å²) in [6, 6.07) is 0. The van der Waals surface area contributed by atoms with Crippen LogP contribution in [0.25, 0.3) is 6.08 Å². The van der Waals surface area contributed by atoms with Gasteiger partial charge >= 0.3 is 5.97 Å². The highest BCUT2D eigenvalue weighted by molar-refractivity contribution is 7.09. The molecule has 0 saturated heterocycles. The summed E-state index contributed by atoms with van der Waals surface area (Å²) < 4.78 is 5.81. The zero-order valence-corrected chi connectivity index (χ0v) is 22.4. The molecule has 1 aromatic heterocycles. The fourth-order valence-corrected chi connectivity index (χ4v) is 4.97. The lowest BCUT2D eigenvalue weighted by Crippen LogP contribution is -2.45. The van der Waals surface area contributed by atoms with Gasteiger partial charge < -0.3 is 14.9 Å². The molecule has 0 radical (unpaired) electrons. The summed E-state index contributed by atoms with van der Waals surface area (Å²) in [4.78, 5) is 30.5. The maximum absolute atomic E-state index is 13.2. The normalized spacial score (nSPS) is 32.1. The highest BCUT2D eigenvalue weighted by Gasteiger charge is 2.42. The van der Waals surface area contributed by atoms with Crippen LogP contribution < -0.4 is 0 Å². The molecule has 5 atom stereocenters. The van der Waals surface area contributed by atoms with Crippen molar-refractivity contribution in [2.45, 2.75) is 98.9 Å². The first-order chi connectivity index (χ1) is 15.8. The van der Waals surface area contributed by atoms with Crippen LogP contribution in [-0.2, 0) is 14.3 Å². The number of aliphatic hydroxyl groups is 2. The lowest BCUT2D eigenvalue weighted by Gasteiger charge is -2.34. The molecule has 2 heterocycles. The van der Waals surface area contributed by atoms with Gasteiger partial charge in [0.05, 0.1) is 34.7 Å². The number of carbonyl (C=O) groups excluding carboxylic acids is 2. The summed E-state index contributed by atoms with van der Waals surface area (Å²) in [6.07, 6.45) is 4.33. The van der Waals surface area contributed by atoms with Crippen molar-refractivity contribution in [1.82, 2.24) is 4.98 Å². The summed E-state index contributed by atoms with van der Waals surface area (Å²) >= 11 is 1.56. The number of aryl methyl sites for hydroxylation is 1. The van der Waals surface area contributed by atoms with Crippen LogP contribution in [0.5, 0.6) is 0 Å². The van der Waals surface area contributed by atoms with Crippen LogP contribution in [0.4, 0.5) is 0 Å². The highest BCUT2D eigenvalue weighted by atomic mass is 32.1. The number of esters is 1. The molecule has 1 aliphatic heterocycles. The number of aliphatic hydroxyl groups excluding tert-OH is 2. The van der Waals surface area contributed by atoms with E-state index in [2.05, 4.69) is 18.0 Å². The van der Waals surface area contributed by atoms with Gasteiger partial charge in [0.15, 0.2) is 0 Å². The molecule has 0 bridgehead atoms. The van der Waals surface area contributed by atoms with Crippen molar-refractivity contribution in [3.05, 3.63) is 33.3 Å². The van der Waals surface area contributed by atoms with Gasteiger partial charge in [-0.3, -0.25) is 9.59 Å². The molecule has 0 spiro atoms. The number of thiazole rings is 1. The first-order valence-corrected chi connectivity index (χ1v) is 13.1. The molecular formula is C27H41NO5S. The van der Waals surface area contributed by atoms with Gasteiger partial charge in [-0.1, -0.05) is 39.3 Å². The maximum Gasteiger partial charge on any atom is 0.309 e. The number of rotatable bonds is 2. The Labute approximate surface area is 208 Å². The molecule has 0 saturated carbocycles. The molecule has 1 aromatic rings. The topological polar surface area (TPSA) is 96.7 Å². The molecule has 0 aromatic carbocycles. The van der Waals surface area contributed by atoms with E-state index >= 15 is 0 Å². The van der Waals surface area contributed by atoms with E-state index < -0.39 is 35.6 Å². The van der Waals surface area contributed by atoms with E-state index in [1.807, 2.05) is 32.2 Å². The zero-order valence-electron chi connectivity index (χ0n) is 21.6. The number of hydrogen-bond donors (Lipinski definition) is 2. The standard InChI is InChI=1S/C27H41NO5S/c1-16-9-8-10-17(2)25(31)19(4)26(32)27(6,7)23(29)14-24(30)33-22(12-11-16)18(3)13-21-15-34-20(5)28-21/h11,13,15,17,19,22-23,25,29,31H,8-10,12,14H2,1-7H3/b16-11-,18-13+/t17-,19+,22?,23-,25-/m0/s1. The van der Waals surface area contributed by atoms with Crippen molar-refractivity contribution in [3.63, 3.8) is 0 Å². The molecule has 7 heteroatoms. The second-order valence-electron chi connectivity index (χ2n) is 10.4. The van der Waals surface area contributed by atoms with Gasteiger partial charge in [-0.2, -0.15) is 0 Å². The van der Waals surface area contributed by atoms with Crippen molar-refractivity contribution < 1.29 is 24.5 Å². The number of ether oxygens (including phenoxy) is 1. The Morgan fingerprint density at radius 1 is 1.24 bits per heavy atom. The van der Waals surface area contributed by atoms with Crippen molar-refractivity contribution in [3.8, 4) is 0 Å². The van der Waals surface area contributed by atoms with Gasteiger partial charge in [-0.15, -0.1) is 11.3 Å². The molecule has 2 N–H and O–H groups in total. The SMILES string of the molecule is C/C1=C/CC(/C(C)=C/c2csc(C)n2)OC(=O)C[C@H](O)C(C)(C)C(=O)[C@H](C)[C@@H](O)[C@@H](C)CCC1. The molecule has 0 fully saturated rings. The van der Waals surface area contributed by atoms with Crippen LogP contribution in [0.1, 0.15) is 84.3 Å². The fourth-order valence-electron chi connectivity index (χ4n) is 4.40. The van der Waals surface area contributed by atoms with E-state index in [1.165, 1.54) is 5.57 Å². The molecule has 6 nitrogen and oxygen atoms in total. The minimum absolute atomic E-state index is 0.0444. The molecule has 1 unspecified atom stereocenters. The Balaban J connectivity index is 2.33. The number of Topliss-reactive ketones (excluding diaryl/α,β-unsaturated/α-hetero) is 1. The number of nitrogens with zero attached hydrogens (tertiary/aromatic N) is 1. The van der Waals surface area contributed by atoms with Gasteiger partial charge in [0, 0.05) is 17.7 Å². The van der Waals surface area contributed by atoms with Gasteiger partial charge in [0.2, 0.25) is 0 Å². The molecular weight excluding hydrogens is 450 g/mol. The lowest BCUT2D eigenvalue weighted by atomic mass is 9.73. The average Bonchev–Trinajstić information content (AvgIpc) is 3.18. The van der Waals surface area contributed by atoms with Crippen LogP contribution >= 0.6 is 11.3 Å². The monoisotopic (exact) mass is 491 g/mol. The number of hydrogen-bond acceptors (Lipinski definition) is 7. The number of cyclic esters (lactones) is 1. The Hall–Kier alpha value is -1.83. The van der Waals surface area contributed by atoms with Crippen LogP contribution in [0.3, 0.4) is 0 Å². The Morgan fingerprint density at radius 2 is 1.91 bits per heavy atom. The number of aromatic nitrogens is 1. The van der Waals surface area contributed by atoms with Gasteiger partial charge in [0.1, 0.15) is 11.9 Å². The first kappa shape index (κ1) is 28.4. The molecule has 2 rings (SSSR count). The van der Waals surface area contributed by atoms with Gasteiger partial charge in [-0.05, 0) is 57.6 Å². The number of ketones is 1. The Bertz CT molecular complexity index is 916. The zero-order chi connectivity index (χ0) is 25.6. The largest absolute Gasteiger partial charge is 0.457 e. The summed E-state index contributed by atoms with van der Waals surface area (Å²) in [5.41, 5.74) is 1.71. The Morgan fingerprint density at radius 3 is 2.53 bits per heavy atom. The van der Waals surface area contributed by atoms with Crippen molar-refractivity contribution >= 4 is 29.2 Å². The van der Waals surface area contributed by atoms with Crippen LogP contribution in [-0.4, -0.2) is 45.3 Å². The highest BCUT2D eigenvalue weighted by Crippen LogP contribution is 2.32. The third-order valence-corrected chi connectivity index (χ3v) is 7.83. The van der Waals surface area contributed by atoms with E-state index in [-0.39, 0.29) is 18.1 Å². The van der Waals surface area contributed by atoms with E-state index in [0.717, 1.165) is 35.5 Å². The predicted molar refractivity (Wildman–Crippen MR) is 136 cm³/mol. The van der Waals surface area contributed by atoms with Crippen molar-refractivity contribution in [2.24, 2.45) is 17.3 Å². The van der Waals surface area contributed by atoms with Crippen LogP contribution in [0.2, 0.25) is 0 Å².